The number of hydrogen-bond donors (Lipinski definition) is 0. The highest BCUT2D eigenvalue weighted by atomic mass is 15.1. The van der Waals surface area contributed by atoms with Crippen LogP contribution in [0.2, 0.25) is 0 Å². The van der Waals surface area contributed by atoms with Gasteiger partial charge in [0, 0.05) is 0 Å². The molecule has 4 fully saturated rings. The molecule has 0 amide bonds. The second-order valence-corrected chi connectivity index (χ2v) is 5.78. The van der Waals surface area contributed by atoms with Crippen LogP contribution < -0.4 is 0 Å². The summed E-state index contributed by atoms with van der Waals surface area (Å²) in [6.07, 6.45) is 6.16. The Hall–Kier alpha value is 0. The molecule has 0 aromatic heterocycles. The second kappa shape index (κ2) is 1.40. The van der Waals surface area contributed by atoms with Gasteiger partial charge in [-0.15, -0.1) is 0 Å². The highest BCUT2D eigenvalue weighted by Gasteiger charge is 3.07. The summed E-state index contributed by atoms with van der Waals surface area (Å²) in [5.74, 6) is 4.78. The molecule has 66 valence electrons. The smallest absolute Gasteiger partial charge is 0.0136 e. The monoisotopic (exact) mass is 162 g/mol. The van der Waals surface area contributed by atoms with Crippen LogP contribution in [0.3, 0.4) is 0 Å². The Labute approximate surface area is 74.7 Å². The van der Waals surface area contributed by atoms with Gasteiger partial charge in [0.1, 0.15) is 0 Å². The zero-order valence-electron chi connectivity index (χ0n) is 8.14. The maximum atomic E-state index is 2.55. The van der Waals surface area contributed by atoms with Gasteiger partial charge >= 0.3 is 0 Å². The Kier molecular flexibility index (Phi) is 0.755. The minimum atomic E-state index is 0.993. The standard InChI is InChI=1S/C12H18/c1-3-4-8-7(2)12-9-5-6-11(9,12)10(8)12/h7-10H,3-6H2,1-2H3. The van der Waals surface area contributed by atoms with E-state index in [1.54, 1.807) is 12.8 Å². The van der Waals surface area contributed by atoms with Crippen LogP contribution in [0, 0.1) is 34.5 Å². The topological polar surface area (TPSA) is 0 Å². The lowest BCUT2D eigenvalue weighted by molar-refractivity contribution is 0.00427. The molecule has 0 saturated heterocycles. The lowest BCUT2D eigenvalue weighted by atomic mass is 9.57. The zero-order chi connectivity index (χ0) is 8.14. The van der Waals surface area contributed by atoms with E-state index < -0.39 is 0 Å². The molecular weight excluding hydrogens is 144 g/mol. The van der Waals surface area contributed by atoms with Gasteiger partial charge in [0.2, 0.25) is 0 Å². The molecule has 6 atom stereocenters. The molecule has 0 nitrogen and oxygen atoms in total. The number of hydrogen-bond acceptors (Lipinski definition) is 0. The molecule has 4 aliphatic rings. The first-order valence-electron chi connectivity index (χ1n) is 5.81. The first kappa shape index (κ1) is 6.45. The van der Waals surface area contributed by atoms with Crippen molar-refractivity contribution < 1.29 is 0 Å². The van der Waals surface area contributed by atoms with Crippen molar-refractivity contribution in [1.82, 2.24) is 0 Å². The first-order valence-corrected chi connectivity index (χ1v) is 5.81. The van der Waals surface area contributed by atoms with Crippen molar-refractivity contribution >= 4 is 0 Å². The second-order valence-electron chi connectivity index (χ2n) is 5.78. The van der Waals surface area contributed by atoms with Crippen LogP contribution in [-0.4, -0.2) is 0 Å². The van der Waals surface area contributed by atoms with Gasteiger partial charge < -0.3 is 0 Å². The molecule has 0 aromatic carbocycles. The Morgan fingerprint density at radius 3 is 2.75 bits per heavy atom. The predicted octanol–water partition coefficient (Wildman–Crippen LogP) is 3.08. The molecule has 0 heteroatoms. The summed E-state index contributed by atoms with van der Waals surface area (Å²) in [4.78, 5) is 0. The van der Waals surface area contributed by atoms with E-state index in [2.05, 4.69) is 13.8 Å². The summed E-state index contributed by atoms with van der Waals surface area (Å²) < 4.78 is 0. The van der Waals surface area contributed by atoms with Crippen LogP contribution in [0.25, 0.3) is 0 Å². The van der Waals surface area contributed by atoms with Crippen molar-refractivity contribution in [3.8, 4) is 0 Å². The summed E-state index contributed by atoms with van der Waals surface area (Å²) >= 11 is 0. The SMILES string of the molecule is CCCC1C(C)C23C4CCC42C13. The van der Waals surface area contributed by atoms with E-state index in [0.717, 1.165) is 22.7 Å². The zero-order valence-corrected chi connectivity index (χ0v) is 8.14. The average molecular weight is 162 g/mol. The molecule has 0 heterocycles. The predicted molar refractivity (Wildman–Crippen MR) is 48.6 cm³/mol. The van der Waals surface area contributed by atoms with E-state index >= 15 is 0 Å². The molecular formula is C12H18. The van der Waals surface area contributed by atoms with Crippen molar-refractivity contribution in [2.45, 2.75) is 39.5 Å². The van der Waals surface area contributed by atoms with E-state index in [0.29, 0.717) is 0 Å². The van der Waals surface area contributed by atoms with Crippen LogP contribution in [0.15, 0.2) is 0 Å². The fourth-order valence-corrected chi connectivity index (χ4v) is 5.92. The molecule has 0 radical (unpaired) electrons. The fourth-order valence-electron chi connectivity index (χ4n) is 5.92. The van der Waals surface area contributed by atoms with Gasteiger partial charge in [-0.25, -0.2) is 0 Å². The maximum Gasteiger partial charge on any atom is -0.0136 e. The van der Waals surface area contributed by atoms with E-state index in [4.69, 9.17) is 0 Å². The quantitative estimate of drug-likeness (QED) is 0.585. The van der Waals surface area contributed by atoms with Crippen molar-refractivity contribution in [3.63, 3.8) is 0 Å². The lowest BCUT2D eigenvalue weighted by Gasteiger charge is -2.47. The Morgan fingerprint density at radius 1 is 1.42 bits per heavy atom. The molecule has 4 aliphatic carbocycles. The Balaban J connectivity index is 1.62. The van der Waals surface area contributed by atoms with E-state index in [9.17, 15) is 0 Å². The molecule has 0 N–H and O–H groups in total. The number of rotatable bonds is 2. The molecule has 4 rings (SSSR count). The van der Waals surface area contributed by atoms with E-state index in [1.807, 2.05) is 0 Å². The third-order valence-corrected chi connectivity index (χ3v) is 6.20. The van der Waals surface area contributed by atoms with Crippen LogP contribution >= 0.6 is 0 Å². The van der Waals surface area contributed by atoms with Crippen LogP contribution in [0.1, 0.15) is 39.5 Å². The van der Waals surface area contributed by atoms with Crippen molar-refractivity contribution in [3.05, 3.63) is 0 Å². The molecule has 0 aromatic rings. The summed E-state index contributed by atoms with van der Waals surface area (Å²) in [6, 6.07) is 0. The normalized spacial score (nSPS) is 74.5. The highest BCUT2D eigenvalue weighted by Crippen LogP contribution is 3.11. The highest BCUT2D eigenvalue weighted by molar-refractivity contribution is 5.53. The molecule has 0 bridgehead atoms. The molecule has 12 heavy (non-hydrogen) atoms. The van der Waals surface area contributed by atoms with E-state index in [1.165, 1.54) is 24.7 Å². The van der Waals surface area contributed by atoms with Gasteiger partial charge in [-0.2, -0.15) is 0 Å². The van der Waals surface area contributed by atoms with Gasteiger partial charge in [-0.05, 0) is 47.3 Å². The third-order valence-electron chi connectivity index (χ3n) is 6.20. The summed E-state index contributed by atoms with van der Waals surface area (Å²) in [6.45, 7) is 4.89. The average Bonchev–Trinajstić information content (AvgIpc) is 2.77. The van der Waals surface area contributed by atoms with Gasteiger partial charge in [-0.3, -0.25) is 0 Å². The first-order chi connectivity index (χ1) is 5.81. The molecule has 6 unspecified atom stereocenters. The van der Waals surface area contributed by atoms with Crippen molar-refractivity contribution in [2.24, 2.45) is 34.5 Å². The van der Waals surface area contributed by atoms with Crippen molar-refractivity contribution in [2.75, 3.05) is 0 Å². The minimum absolute atomic E-state index is 0.993. The molecule has 2 spiro atoms. The van der Waals surface area contributed by atoms with Gasteiger partial charge in [0.05, 0.1) is 0 Å². The van der Waals surface area contributed by atoms with Gasteiger partial charge in [0.25, 0.3) is 0 Å². The van der Waals surface area contributed by atoms with E-state index in [-0.39, 0.29) is 0 Å². The summed E-state index contributed by atoms with van der Waals surface area (Å²) in [5.41, 5.74) is 2.00. The van der Waals surface area contributed by atoms with Crippen LogP contribution in [0.5, 0.6) is 0 Å². The largest absolute Gasteiger partial charge is 0.0654 e. The Bertz CT molecular complexity index is 261. The summed E-state index contributed by atoms with van der Waals surface area (Å²) in [5, 5.41) is 0. The molecule has 4 saturated carbocycles. The fraction of sp³-hybridized carbons (Fsp3) is 1.00. The minimum Gasteiger partial charge on any atom is -0.0654 e. The van der Waals surface area contributed by atoms with Crippen LogP contribution in [0.4, 0.5) is 0 Å². The van der Waals surface area contributed by atoms with Crippen LogP contribution in [-0.2, 0) is 0 Å². The summed E-state index contributed by atoms with van der Waals surface area (Å²) in [7, 11) is 0. The maximum absolute atomic E-state index is 2.55. The van der Waals surface area contributed by atoms with Gasteiger partial charge in [0.15, 0.2) is 0 Å². The lowest BCUT2D eigenvalue weighted by Crippen LogP contribution is -2.42. The van der Waals surface area contributed by atoms with Crippen molar-refractivity contribution in [1.29, 1.82) is 0 Å². The van der Waals surface area contributed by atoms with Gasteiger partial charge in [-0.1, -0.05) is 26.7 Å². The Morgan fingerprint density at radius 2 is 2.25 bits per heavy atom. The molecule has 0 aliphatic heterocycles. The third kappa shape index (κ3) is 0.300.